The lowest BCUT2D eigenvalue weighted by Crippen LogP contribution is -2.42. The first-order valence-corrected chi connectivity index (χ1v) is 7.88. The first-order valence-electron chi connectivity index (χ1n) is 7.50. The predicted octanol–water partition coefficient (Wildman–Crippen LogP) is 2.44. The molecule has 3 aromatic rings. The summed E-state index contributed by atoms with van der Waals surface area (Å²) in [5.74, 6) is -1.51. The summed E-state index contributed by atoms with van der Waals surface area (Å²) in [6.07, 6.45) is 0. The van der Waals surface area contributed by atoms with Crippen molar-refractivity contribution < 1.29 is 14.0 Å². The van der Waals surface area contributed by atoms with Gasteiger partial charge in [0.1, 0.15) is 5.82 Å². The van der Waals surface area contributed by atoms with Crippen LogP contribution in [0.25, 0.3) is 5.69 Å². The number of rotatable bonds is 3. The predicted molar refractivity (Wildman–Crippen MR) is 92.4 cm³/mol. The lowest BCUT2D eigenvalue weighted by Gasteiger charge is -2.07. The Morgan fingerprint density at radius 1 is 1.00 bits per heavy atom. The molecule has 2 aromatic carbocycles. The second kappa shape index (κ2) is 7.32. The van der Waals surface area contributed by atoms with Crippen LogP contribution in [0.2, 0.25) is 5.02 Å². The molecule has 1 aromatic heterocycles. The Hall–Kier alpha value is -3.26. The number of hydrogen-bond donors (Lipinski definition) is 2. The van der Waals surface area contributed by atoms with Gasteiger partial charge in [0.15, 0.2) is 5.69 Å². The van der Waals surface area contributed by atoms with E-state index in [4.69, 9.17) is 11.6 Å². The monoisotopic (exact) mass is 373 g/mol. The normalized spacial score (nSPS) is 10.4. The minimum atomic E-state index is -0.627. The first kappa shape index (κ1) is 17.6. The molecule has 0 atom stereocenters. The Kier molecular flexibility index (Phi) is 4.94. The molecule has 132 valence electrons. The molecule has 2 N–H and O–H groups in total. The molecular weight excluding hydrogens is 361 g/mol. The third kappa shape index (κ3) is 3.70. The molecule has 0 saturated heterocycles. The number of benzene rings is 2. The van der Waals surface area contributed by atoms with E-state index in [1.807, 2.05) is 0 Å². The standard InChI is InChI=1S/C17H13ClFN5O2/c1-10-15(20-23-24(10)14-8-6-13(19)7-9-14)17(26)22-21-16(25)11-2-4-12(18)5-3-11/h2-9H,1H3,(H,21,25)(H,22,26). The van der Waals surface area contributed by atoms with Gasteiger partial charge in [-0.25, -0.2) is 9.07 Å². The third-order valence-electron chi connectivity index (χ3n) is 3.58. The van der Waals surface area contributed by atoms with Gasteiger partial charge in [0, 0.05) is 10.6 Å². The topological polar surface area (TPSA) is 88.9 Å². The minimum absolute atomic E-state index is 0.0331. The van der Waals surface area contributed by atoms with Crippen molar-refractivity contribution in [2.45, 2.75) is 6.92 Å². The van der Waals surface area contributed by atoms with E-state index in [1.165, 1.54) is 41.1 Å². The average Bonchev–Trinajstić information content (AvgIpc) is 3.02. The molecule has 2 amide bonds. The molecule has 0 spiro atoms. The Labute approximate surface area is 152 Å². The van der Waals surface area contributed by atoms with Crippen LogP contribution in [0.5, 0.6) is 0 Å². The van der Waals surface area contributed by atoms with Gasteiger partial charge in [-0.15, -0.1) is 5.10 Å². The fourth-order valence-electron chi connectivity index (χ4n) is 2.21. The zero-order chi connectivity index (χ0) is 18.7. The van der Waals surface area contributed by atoms with Crippen molar-refractivity contribution in [1.29, 1.82) is 0 Å². The quantitative estimate of drug-likeness (QED) is 0.690. The van der Waals surface area contributed by atoms with Crippen molar-refractivity contribution in [2.24, 2.45) is 0 Å². The fraction of sp³-hybridized carbons (Fsp3) is 0.0588. The van der Waals surface area contributed by atoms with Gasteiger partial charge < -0.3 is 0 Å². The van der Waals surface area contributed by atoms with Crippen molar-refractivity contribution in [2.75, 3.05) is 0 Å². The lowest BCUT2D eigenvalue weighted by atomic mass is 10.2. The maximum atomic E-state index is 13.0. The summed E-state index contributed by atoms with van der Waals surface area (Å²) in [5, 5.41) is 8.20. The summed E-state index contributed by atoms with van der Waals surface area (Å²) in [5.41, 5.74) is 5.94. The third-order valence-corrected chi connectivity index (χ3v) is 3.83. The van der Waals surface area contributed by atoms with Crippen LogP contribution < -0.4 is 10.9 Å². The molecule has 0 aliphatic rings. The van der Waals surface area contributed by atoms with Crippen LogP contribution in [0.1, 0.15) is 26.5 Å². The van der Waals surface area contributed by atoms with E-state index in [0.717, 1.165) is 0 Å². The van der Waals surface area contributed by atoms with Crippen LogP contribution in [0.3, 0.4) is 0 Å². The maximum absolute atomic E-state index is 13.0. The second-order valence-electron chi connectivity index (χ2n) is 5.33. The molecule has 7 nitrogen and oxygen atoms in total. The molecule has 26 heavy (non-hydrogen) atoms. The number of hydrogen-bond acceptors (Lipinski definition) is 4. The van der Waals surface area contributed by atoms with Crippen molar-refractivity contribution in [3.8, 4) is 5.69 Å². The van der Waals surface area contributed by atoms with Crippen LogP contribution in [-0.2, 0) is 0 Å². The molecule has 0 bridgehead atoms. The SMILES string of the molecule is Cc1c(C(=O)NNC(=O)c2ccc(Cl)cc2)nnn1-c1ccc(F)cc1. The van der Waals surface area contributed by atoms with Gasteiger partial charge in [0.05, 0.1) is 11.4 Å². The van der Waals surface area contributed by atoms with Crippen LogP contribution in [0, 0.1) is 12.7 Å². The maximum Gasteiger partial charge on any atom is 0.292 e. The zero-order valence-corrected chi connectivity index (χ0v) is 14.3. The highest BCUT2D eigenvalue weighted by Gasteiger charge is 2.18. The second-order valence-corrected chi connectivity index (χ2v) is 5.76. The first-order chi connectivity index (χ1) is 12.5. The largest absolute Gasteiger partial charge is 0.292 e. The van der Waals surface area contributed by atoms with Crippen LogP contribution in [-0.4, -0.2) is 26.8 Å². The van der Waals surface area contributed by atoms with Crippen molar-refractivity contribution in [1.82, 2.24) is 25.8 Å². The molecule has 0 radical (unpaired) electrons. The molecule has 0 aliphatic heterocycles. The summed E-state index contributed by atoms with van der Waals surface area (Å²) < 4.78 is 14.4. The van der Waals surface area contributed by atoms with Gasteiger partial charge in [0.25, 0.3) is 11.8 Å². The fourth-order valence-corrected chi connectivity index (χ4v) is 2.34. The molecule has 0 saturated carbocycles. The Bertz CT molecular complexity index is 954. The summed E-state index contributed by atoms with van der Waals surface area (Å²) in [6.45, 7) is 1.64. The number of carbonyl (C=O) groups is 2. The van der Waals surface area contributed by atoms with Crippen LogP contribution >= 0.6 is 11.6 Å². The highest BCUT2D eigenvalue weighted by Crippen LogP contribution is 2.13. The Balaban J connectivity index is 1.69. The average molecular weight is 374 g/mol. The molecule has 0 fully saturated rings. The molecule has 0 aliphatic carbocycles. The van der Waals surface area contributed by atoms with Gasteiger partial charge >= 0.3 is 0 Å². The number of aromatic nitrogens is 3. The number of nitrogens with one attached hydrogen (secondary N) is 2. The summed E-state index contributed by atoms with van der Waals surface area (Å²) in [6, 6.07) is 11.8. The van der Waals surface area contributed by atoms with Crippen LogP contribution in [0.15, 0.2) is 48.5 Å². The Morgan fingerprint density at radius 3 is 2.27 bits per heavy atom. The van der Waals surface area contributed by atoms with Gasteiger partial charge in [0.2, 0.25) is 0 Å². The van der Waals surface area contributed by atoms with E-state index in [0.29, 0.717) is 22.0 Å². The van der Waals surface area contributed by atoms with Gasteiger partial charge in [-0.05, 0) is 55.5 Å². The van der Waals surface area contributed by atoms with Crippen molar-refractivity contribution in [3.63, 3.8) is 0 Å². The number of halogens is 2. The molecule has 9 heteroatoms. The number of hydrazine groups is 1. The van der Waals surface area contributed by atoms with E-state index in [9.17, 15) is 14.0 Å². The van der Waals surface area contributed by atoms with E-state index >= 15 is 0 Å². The highest BCUT2D eigenvalue weighted by molar-refractivity contribution is 6.30. The molecule has 1 heterocycles. The Morgan fingerprint density at radius 2 is 1.62 bits per heavy atom. The van der Waals surface area contributed by atoms with Gasteiger partial charge in [-0.2, -0.15) is 0 Å². The highest BCUT2D eigenvalue weighted by atomic mass is 35.5. The zero-order valence-electron chi connectivity index (χ0n) is 13.5. The molecule has 3 rings (SSSR count). The number of amides is 2. The smallest absolute Gasteiger partial charge is 0.267 e. The van der Waals surface area contributed by atoms with E-state index < -0.39 is 11.8 Å². The summed E-state index contributed by atoms with van der Waals surface area (Å²) in [7, 11) is 0. The van der Waals surface area contributed by atoms with Crippen LogP contribution in [0.4, 0.5) is 4.39 Å². The molecular formula is C17H13ClFN5O2. The van der Waals surface area contributed by atoms with E-state index in [2.05, 4.69) is 21.2 Å². The summed E-state index contributed by atoms with van der Waals surface area (Å²) >= 11 is 5.76. The van der Waals surface area contributed by atoms with Gasteiger partial charge in [-0.3, -0.25) is 20.4 Å². The van der Waals surface area contributed by atoms with Gasteiger partial charge in [-0.1, -0.05) is 16.8 Å². The minimum Gasteiger partial charge on any atom is -0.267 e. The van der Waals surface area contributed by atoms with E-state index in [-0.39, 0.29) is 11.5 Å². The van der Waals surface area contributed by atoms with E-state index in [1.54, 1.807) is 19.1 Å². The number of nitrogens with zero attached hydrogens (tertiary/aromatic N) is 3. The number of carbonyl (C=O) groups excluding carboxylic acids is 2. The summed E-state index contributed by atoms with van der Waals surface area (Å²) in [4.78, 5) is 24.2. The van der Waals surface area contributed by atoms with Crippen molar-refractivity contribution in [3.05, 3.63) is 76.3 Å². The van der Waals surface area contributed by atoms with Crippen molar-refractivity contribution >= 4 is 23.4 Å². The molecule has 0 unspecified atom stereocenters. The lowest BCUT2D eigenvalue weighted by molar-refractivity contribution is 0.0843.